The number of aliphatic hydroxyl groups excluding tert-OH is 5. The van der Waals surface area contributed by atoms with Crippen molar-refractivity contribution in [3.05, 3.63) is 0 Å². The van der Waals surface area contributed by atoms with Crippen LogP contribution in [0.25, 0.3) is 0 Å². The molecule has 0 amide bonds. The maximum absolute atomic E-state index is 9.61. The summed E-state index contributed by atoms with van der Waals surface area (Å²) < 4.78 is 0. The first kappa shape index (κ1) is 18.1. The third-order valence-corrected chi connectivity index (χ3v) is 3.91. The van der Waals surface area contributed by atoms with Crippen LogP contribution in [-0.2, 0) is 0 Å². The van der Waals surface area contributed by atoms with Crippen molar-refractivity contribution in [1.29, 1.82) is 0 Å². The standard InChI is InChI=1S/C12H26O5S/c1-2-3-4-5-6-18-8-10(15)12(17)11(16)9(14)7-13/h9-17H,2-8H2,1H3/t9-,10+,11-,12-/m1/s1. The highest BCUT2D eigenvalue weighted by Crippen LogP contribution is 2.13. The van der Waals surface area contributed by atoms with Gasteiger partial charge in [0.1, 0.15) is 18.3 Å². The minimum absolute atomic E-state index is 0.308. The minimum Gasteiger partial charge on any atom is -0.394 e. The van der Waals surface area contributed by atoms with Crippen LogP contribution in [0.2, 0.25) is 0 Å². The zero-order valence-corrected chi connectivity index (χ0v) is 11.7. The largest absolute Gasteiger partial charge is 0.394 e. The van der Waals surface area contributed by atoms with Crippen LogP contribution in [0, 0.1) is 0 Å². The normalized spacial score (nSPS) is 18.3. The second-order valence-corrected chi connectivity index (χ2v) is 5.58. The van der Waals surface area contributed by atoms with Crippen molar-refractivity contribution < 1.29 is 25.5 Å². The van der Waals surface area contributed by atoms with Gasteiger partial charge in [-0.3, -0.25) is 0 Å². The first-order chi connectivity index (χ1) is 8.54. The molecule has 0 aromatic heterocycles. The fourth-order valence-corrected chi connectivity index (χ4v) is 2.51. The number of unbranched alkanes of at least 4 members (excludes halogenated alkanes) is 3. The first-order valence-corrected chi connectivity index (χ1v) is 7.60. The van der Waals surface area contributed by atoms with Crippen LogP contribution >= 0.6 is 11.8 Å². The summed E-state index contributed by atoms with van der Waals surface area (Å²) in [4.78, 5) is 0. The Balaban J connectivity index is 3.70. The fourth-order valence-electron chi connectivity index (χ4n) is 1.50. The van der Waals surface area contributed by atoms with Crippen molar-refractivity contribution in [3.8, 4) is 0 Å². The summed E-state index contributed by atoms with van der Waals surface area (Å²) in [7, 11) is 0. The van der Waals surface area contributed by atoms with Gasteiger partial charge in [0.15, 0.2) is 0 Å². The van der Waals surface area contributed by atoms with E-state index in [1.54, 1.807) is 0 Å². The molecule has 0 aliphatic heterocycles. The van der Waals surface area contributed by atoms with Crippen LogP contribution in [0.4, 0.5) is 0 Å². The van der Waals surface area contributed by atoms with Crippen LogP contribution < -0.4 is 0 Å². The number of rotatable bonds is 11. The lowest BCUT2D eigenvalue weighted by molar-refractivity contribution is -0.109. The third kappa shape index (κ3) is 7.56. The topological polar surface area (TPSA) is 101 Å². The summed E-state index contributed by atoms with van der Waals surface area (Å²) in [5.74, 6) is 1.21. The third-order valence-electron chi connectivity index (χ3n) is 2.76. The monoisotopic (exact) mass is 282 g/mol. The molecule has 0 fully saturated rings. The molecule has 6 heteroatoms. The Hall–Kier alpha value is 0.150. The molecule has 0 heterocycles. The molecule has 5 nitrogen and oxygen atoms in total. The highest BCUT2D eigenvalue weighted by Gasteiger charge is 2.29. The van der Waals surface area contributed by atoms with E-state index < -0.39 is 31.0 Å². The highest BCUT2D eigenvalue weighted by molar-refractivity contribution is 7.99. The van der Waals surface area contributed by atoms with Gasteiger partial charge in [-0.05, 0) is 12.2 Å². The lowest BCUT2D eigenvalue weighted by Crippen LogP contribution is -2.46. The molecule has 0 unspecified atom stereocenters. The Morgan fingerprint density at radius 3 is 2.06 bits per heavy atom. The van der Waals surface area contributed by atoms with E-state index >= 15 is 0 Å². The van der Waals surface area contributed by atoms with E-state index in [-0.39, 0.29) is 0 Å². The smallest absolute Gasteiger partial charge is 0.111 e. The minimum atomic E-state index is -1.52. The molecule has 0 saturated heterocycles. The molecular formula is C12H26O5S. The first-order valence-electron chi connectivity index (χ1n) is 6.45. The lowest BCUT2D eigenvalue weighted by Gasteiger charge is -2.25. The number of hydrogen-bond acceptors (Lipinski definition) is 6. The molecule has 0 aromatic rings. The predicted molar refractivity (Wildman–Crippen MR) is 72.6 cm³/mol. The van der Waals surface area contributed by atoms with Gasteiger partial charge >= 0.3 is 0 Å². The maximum Gasteiger partial charge on any atom is 0.111 e. The Bertz CT molecular complexity index is 193. The van der Waals surface area contributed by atoms with E-state index in [2.05, 4.69) is 6.92 Å². The van der Waals surface area contributed by atoms with Gasteiger partial charge in [0.25, 0.3) is 0 Å². The molecule has 5 N–H and O–H groups in total. The Morgan fingerprint density at radius 2 is 1.50 bits per heavy atom. The quantitative estimate of drug-likeness (QED) is 0.335. The average Bonchev–Trinajstić information content (AvgIpc) is 2.39. The lowest BCUT2D eigenvalue weighted by atomic mass is 10.0. The molecule has 0 spiro atoms. The molecule has 0 saturated carbocycles. The van der Waals surface area contributed by atoms with E-state index in [1.807, 2.05) is 0 Å². The Labute approximate surface area is 113 Å². The zero-order chi connectivity index (χ0) is 14.0. The van der Waals surface area contributed by atoms with Crippen LogP contribution in [-0.4, -0.2) is 68.1 Å². The maximum atomic E-state index is 9.61. The summed E-state index contributed by atoms with van der Waals surface area (Å²) >= 11 is 1.51. The van der Waals surface area contributed by atoms with Crippen molar-refractivity contribution >= 4 is 11.8 Å². The SMILES string of the molecule is CCCCCCSC[C@H](O)[C@@H](O)[C@H](O)[C@H](O)CO. The van der Waals surface area contributed by atoms with Gasteiger partial charge in [0.2, 0.25) is 0 Å². The summed E-state index contributed by atoms with van der Waals surface area (Å²) in [6, 6.07) is 0. The molecule has 4 atom stereocenters. The highest BCUT2D eigenvalue weighted by atomic mass is 32.2. The van der Waals surface area contributed by atoms with Crippen molar-refractivity contribution in [2.45, 2.75) is 57.0 Å². The molecular weight excluding hydrogens is 256 g/mol. The van der Waals surface area contributed by atoms with E-state index in [4.69, 9.17) is 10.2 Å². The fraction of sp³-hybridized carbons (Fsp3) is 1.00. The van der Waals surface area contributed by atoms with Crippen molar-refractivity contribution in [2.24, 2.45) is 0 Å². The molecule has 0 aromatic carbocycles. The molecule has 0 aliphatic carbocycles. The predicted octanol–water partition coefficient (Wildman–Crippen LogP) is -0.264. The van der Waals surface area contributed by atoms with E-state index in [1.165, 1.54) is 24.6 Å². The van der Waals surface area contributed by atoms with Crippen LogP contribution in [0.1, 0.15) is 32.6 Å². The molecule has 0 rings (SSSR count). The summed E-state index contributed by atoms with van der Waals surface area (Å²) in [5, 5.41) is 46.3. The Kier molecular flexibility index (Phi) is 11.1. The van der Waals surface area contributed by atoms with Gasteiger partial charge in [-0.1, -0.05) is 26.2 Å². The van der Waals surface area contributed by atoms with Gasteiger partial charge in [0.05, 0.1) is 12.7 Å². The second kappa shape index (κ2) is 11.0. The van der Waals surface area contributed by atoms with Gasteiger partial charge in [-0.25, -0.2) is 0 Å². The van der Waals surface area contributed by atoms with Gasteiger partial charge in [-0.2, -0.15) is 11.8 Å². The number of thioether (sulfide) groups is 1. The van der Waals surface area contributed by atoms with Crippen LogP contribution in [0.15, 0.2) is 0 Å². The van der Waals surface area contributed by atoms with Crippen LogP contribution in [0.5, 0.6) is 0 Å². The Morgan fingerprint density at radius 1 is 0.889 bits per heavy atom. The van der Waals surface area contributed by atoms with Crippen molar-refractivity contribution in [3.63, 3.8) is 0 Å². The summed E-state index contributed by atoms with van der Waals surface area (Å²) in [6.45, 7) is 1.50. The molecule has 110 valence electrons. The van der Waals surface area contributed by atoms with Crippen molar-refractivity contribution in [2.75, 3.05) is 18.1 Å². The molecule has 0 bridgehead atoms. The summed E-state index contributed by atoms with van der Waals surface area (Å²) in [5.41, 5.74) is 0. The average molecular weight is 282 g/mol. The number of aliphatic hydroxyl groups is 5. The molecule has 18 heavy (non-hydrogen) atoms. The number of hydrogen-bond donors (Lipinski definition) is 5. The summed E-state index contributed by atoms with van der Waals surface area (Å²) in [6.07, 6.45) is -0.871. The van der Waals surface area contributed by atoms with Gasteiger partial charge in [-0.15, -0.1) is 0 Å². The second-order valence-electron chi connectivity index (χ2n) is 4.43. The van der Waals surface area contributed by atoms with Crippen LogP contribution in [0.3, 0.4) is 0 Å². The van der Waals surface area contributed by atoms with Crippen molar-refractivity contribution in [1.82, 2.24) is 0 Å². The van der Waals surface area contributed by atoms with E-state index in [9.17, 15) is 15.3 Å². The van der Waals surface area contributed by atoms with Gasteiger partial charge in [0, 0.05) is 5.75 Å². The molecule has 0 radical (unpaired) electrons. The van der Waals surface area contributed by atoms with E-state index in [0.717, 1.165) is 18.6 Å². The molecule has 0 aliphatic rings. The van der Waals surface area contributed by atoms with E-state index in [0.29, 0.717) is 5.75 Å². The zero-order valence-electron chi connectivity index (χ0n) is 10.9. The van der Waals surface area contributed by atoms with Gasteiger partial charge < -0.3 is 25.5 Å².